The van der Waals surface area contributed by atoms with Crippen LogP contribution < -0.4 is 10.5 Å². The first kappa shape index (κ1) is 11.4. The highest BCUT2D eigenvalue weighted by atomic mass is 16.5. The number of nitrogens with one attached hydrogen (secondary N) is 1. The highest BCUT2D eigenvalue weighted by Crippen LogP contribution is 2.09. The summed E-state index contributed by atoms with van der Waals surface area (Å²) in [5, 5.41) is 7.26. The molecule has 0 radical (unpaired) electrons. The van der Waals surface area contributed by atoms with Crippen LogP contribution in [0.15, 0.2) is 12.4 Å². The molecular weight excluding hydrogens is 196 g/mol. The van der Waals surface area contributed by atoms with Gasteiger partial charge in [-0.25, -0.2) is 9.97 Å². The first-order valence-electron chi connectivity index (χ1n) is 4.61. The van der Waals surface area contributed by atoms with E-state index in [2.05, 4.69) is 9.97 Å². The SMILES string of the molecule is CCOCCOc1nccnc1C(=N)N. The molecule has 1 aromatic rings. The topological polar surface area (TPSA) is 94.1 Å². The second-order valence-corrected chi connectivity index (χ2v) is 2.67. The molecule has 15 heavy (non-hydrogen) atoms. The summed E-state index contributed by atoms with van der Waals surface area (Å²) in [6, 6.07) is 0. The Morgan fingerprint density at radius 3 is 2.80 bits per heavy atom. The predicted octanol–water partition coefficient (Wildman–Crippen LogP) is 0.176. The molecule has 0 spiro atoms. The van der Waals surface area contributed by atoms with Crippen molar-refractivity contribution in [1.29, 1.82) is 5.41 Å². The Morgan fingerprint density at radius 1 is 1.40 bits per heavy atom. The number of amidine groups is 1. The van der Waals surface area contributed by atoms with Crippen LogP contribution in [0.4, 0.5) is 0 Å². The van der Waals surface area contributed by atoms with Crippen molar-refractivity contribution in [3.8, 4) is 5.88 Å². The molecule has 3 N–H and O–H groups in total. The van der Waals surface area contributed by atoms with Gasteiger partial charge in [0.2, 0.25) is 5.88 Å². The number of hydrogen-bond acceptors (Lipinski definition) is 5. The standard InChI is InChI=1S/C9H14N4O2/c1-2-14-5-6-15-9-7(8(10)11)12-3-4-13-9/h3-4H,2,5-6H2,1H3,(H3,10,11). The van der Waals surface area contributed by atoms with Gasteiger partial charge in [-0.15, -0.1) is 0 Å². The number of nitrogens with two attached hydrogens (primary N) is 1. The molecule has 0 aliphatic heterocycles. The van der Waals surface area contributed by atoms with Crippen molar-refractivity contribution in [2.24, 2.45) is 5.73 Å². The lowest BCUT2D eigenvalue weighted by Crippen LogP contribution is -2.17. The van der Waals surface area contributed by atoms with Crippen molar-refractivity contribution in [2.75, 3.05) is 19.8 Å². The molecule has 0 saturated carbocycles. The molecule has 0 aliphatic carbocycles. The maximum Gasteiger partial charge on any atom is 0.243 e. The van der Waals surface area contributed by atoms with Crippen molar-refractivity contribution < 1.29 is 9.47 Å². The van der Waals surface area contributed by atoms with E-state index < -0.39 is 0 Å². The van der Waals surface area contributed by atoms with Gasteiger partial charge >= 0.3 is 0 Å². The second kappa shape index (κ2) is 5.92. The molecule has 1 aromatic heterocycles. The molecule has 0 saturated heterocycles. The van der Waals surface area contributed by atoms with Crippen molar-refractivity contribution in [2.45, 2.75) is 6.92 Å². The number of ether oxygens (including phenoxy) is 2. The molecule has 1 rings (SSSR count). The van der Waals surface area contributed by atoms with E-state index in [1.54, 1.807) is 0 Å². The summed E-state index contributed by atoms with van der Waals surface area (Å²) in [5.41, 5.74) is 5.57. The molecule has 0 unspecified atom stereocenters. The minimum absolute atomic E-state index is 0.158. The summed E-state index contributed by atoms with van der Waals surface area (Å²) in [5.74, 6) is 0.110. The van der Waals surface area contributed by atoms with Gasteiger partial charge in [-0.1, -0.05) is 0 Å². The fourth-order valence-electron chi connectivity index (χ4n) is 0.957. The minimum Gasteiger partial charge on any atom is -0.474 e. The van der Waals surface area contributed by atoms with Crippen LogP contribution in [-0.4, -0.2) is 35.6 Å². The fraction of sp³-hybridized carbons (Fsp3) is 0.444. The predicted molar refractivity (Wildman–Crippen MR) is 55.0 cm³/mol. The Hall–Kier alpha value is -1.69. The first-order chi connectivity index (χ1) is 7.25. The van der Waals surface area contributed by atoms with Crippen LogP contribution in [0.1, 0.15) is 12.6 Å². The van der Waals surface area contributed by atoms with Crippen LogP contribution in [0.2, 0.25) is 0 Å². The Morgan fingerprint density at radius 2 is 2.13 bits per heavy atom. The maximum absolute atomic E-state index is 7.26. The van der Waals surface area contributed by atoms with Crippen molar-refractivity contribution >= 4 is 5.84 Å². The largest absolute Gasteiger partial charge is 0.474 e. The van der Waals surface area contributed by atoms with Crippen LogP contribution in [0.5, 0.6) is 5.88 Å². The normalized spacial score (nSPS) is 9.93. The molecule has 0 aliphatic rings. The summed E-state index contributed by atoms with van der Waals surface area (Å²) in [6.45, 7) is 3.39. The first-order valence-corrected chi connectivity index (χ1v) is 4.61. The zero-order valence-electron chi connectivity index (χ0n) is 8.56. The smallest absolute Gasteiger partial charge is 0.243 e. The third-order valence-electron chi connectivity index (χ3n) is 1.59. The lowest BCUT2D eigenvalue weighted by Gasteiger charge is -2.07. The lowest BCUT2D eigenvalue weighted by molar-refractivity contribution is 0.108. The second-order valence-electron chi connectivity index (χ2n) is 2.67. The van der Waals surface area contributed by atoms with Crippen LogP contribution in [0.25, 0.3) is 0 Å². The van der Waals surface area contributed by atoms with E-state index >= 15 is 0 Å². The van der Waals surface area contributed by atoms with Gasteiger partial charge in [-0.3, -0.25) is 5.41 Å². The van der Waals surface area contributed by atoms with Gasteiger partial charge < -0.3 is 15.2 Å². The third kappa shape index (κ3) is 3.51. The van der Waals surface area contributed by atoms with Gasteiger partial charge in [0.25, 0.3) is 0 Å². The van der Waals surface area contributed by atoms with Crippen LogP contribution >= 0.6 is 0 Å². The summed E-state index contributed by atoms with van der Waals surface area (Å²) < 4.78 is 10.4. The van der Waals surface area contributed by atoms with Gasteiger partial charge in [0.05, 0.1) is 6.61 Å². The Bertz CT molecular complexity index is 330. The molecule has 0 amide bonds. The summed E-state index contributed by atoms with van der Waals surface area (Å²) >= 11 is 0. The monoisotopic (exact) mass is 210 g/mol. The number of rotatable bonds is 6. The van der Waals surface area contributed by atoms with E-state index in [1.165, 1.54) is 12.4 Å². The zero-order chi connectivity index (χ0) is 11.1. The van der Waals surface area contributed by atoms with E-state index in [4.69, 9.17) is 20.6 Å². The number of aromatic nitrogens is 2. The van der Waals surface area contributed by atoms with Gasteiger partial charge in [0, 0.05) is 19.0 Å². The van der Waals surface area contributed by atoms with Gasteiger partial charge in [-0.2, -0.15) is 0 Å². The maximum atomic E-state index is 7.26. The molecule has 0 atom stereocenters. The van der Waals surface area contributed by atoms with Crippen molar-refractivity contribution in [1.82, 2.24) is 9.97 Å². The van der Waals surface area contributed by atoms with Crippen molar-refractivity contribution in [3.05, 3.63) is 18.1 Å². The van der Waals surface area contributed by atoms with Crippen LogP contribution in [0, 0.1) is 5.41 Å². The molecule has 0 aromatic carbocycles. The van der Waals surface area contributed by atoms with Crippen LogP contribution in [-0.2, 0) is 4.74 Å². The zero-order valence-corrected chi connectivity index (χ0v) is 8.56. The van der Waals surface area contributed by atoms with Gasteiger partial charge in [0.1, 0.15) is 12.4 Å². The Kier molecular flexibility index (Phi) is 4.49. The van der Waals surface area contributed by atoms with E-state index in [0.29, 0.717) is 19.8 Å². The van der Waals surface area contributed by atoms with Crippen molar-refractivity contribution in [3.63, 3.8) is 0 Å². The molecule has 0 bridgehead atoms. The quantitative estimate of drug-likeness (QED) is 0.396. The summed E-state index contributed by atoms with van der Waals surface area (Å²) in [6.07, 6.45) is 2.95. The highest BCUT2D eigenvalue weighted by Gasteiger charge is 2.08. The Balaban J connectivity index is 2.56. The minimum atomic E-state index is -0.158. The van der Waals surface area contributed by atoms with E-state index in [1.807, 2.05) is 6.92 Å². The number of nitrogen functional groups attached to an aromatic ring is 1. The molecule has 82 valence electrons. The molecule has 6 nitrogen and oxygen atoms in total. The number of hydrogen-bond donors (Lipinski definition) is 2. The van der Waals surface area contributed by atoms with Crippen LogP contribution in [0.3, 0.4) is 0 Å². The molecule has 1 heterocycles. The van der Waals surface area contributed by atoms with Gasteiger partial charge in [0.15, 0.2) is 5.69 Å². The van der Waals surface area contributed by atoms with E-state index in [-0.39, 0.29) is 17.4 Å². The lowest BCUT2D eigenvalue weighted by atomic mass is 10.4. The van der Waals surface area contributed by atoms with E-state index in [0.717, 1.165) is 0 Å². The van der Waals surface area contributed by atoms with Gasteiger partial charge in [-0.05, 0) is 6.92 Å². The average Bonchev–Trinajstić information content (AvgIpc) is 2.25. The third-order valence-corrected chi connectivity index (χ3v) is 1.59. The molecular formula is C9H14N4O2. The average molecular weight is 210 g/mol. The Labute approximate surface area is 87.9 Å². The molecule has 6 heteroatoms. The van der Waals surface area contributed by atoms with E-state index in [9.17, 15) is 0 Å². The number of nitrogens with zero attached hydrogens (tertiary/aromatic N) is 2. The fourth-order valence-corrected chi connectivity index (χ4v) is 0.957. The summed E-state index contributed by atoms with van der Waals surface area (Å²) in [7, 11) is 0. The highest BCUT2D eigenvalue weighted by molar-refractivity contribution is 5.94. The molecule has 0 fully saturated rings. The summed E-state index contributed by atoms with van der Waals surface area (Å²) in [4.78, 5) is 7.84.